The van der Waals surface area contributed by atoms with Crippen LogP contribution in [-0.2, 0) is 5.41 Å². The zero-order valence-electron chi connectivity index (χ0n) is 21.2. The highest BCUT2D eigenvalue weighted by atomic mass is 35.5. The molecule has 1 saturated heterocycles. The van der Waals surface area contributed by atoms with Gasteiger partial charge in [-0.1, -0.05) is 44.5 Å². The van der Waals surface area contributed by atoms with E-state index in [4.69, 9.17) is 21.0 Å². The Hall–Kier alpha value is -3.45. The van der Waals surface area contributed by atoms with Crippen molar-refractivity contribution in [3.05, 3.63) is 71.2 Å². The molecule has 1 fully saturated rings. The zero-order chi connectivity index (χ0) is 25.7. The summed E-state index contributed by atoms with van der Waals surface area (Å²) in [5.41, 5.74) is 4.51. The monoisotopic (exact) mass is 503 g/mol. The first-order valence-electron chi connectivity index (χ1n) is 12.1. The lowest BCUT2D eigenvalue weighted by Gasteiger charge is -2.47. The highest BCUT2D eigenvalue weighted by molar-refractivity contribution is 6.30. The number of halogens is 1. The van der Waals surface area contributed by atoms with Gasteiger partial charge in [0.2, 0.25) is 0 Å². The Balaban J connectivity index is 1.50. The number of furan rings is 1. The number of rotatable bonds is 3. The van der Waals surface area contributed by atoms with Gasteiger partial charge in [-0.25, -0.2) is 4.98 Å². The highest BCUT2D eigenvalue weighted by Crippen LogP contribution is 2.36. The third-order valence-electron chi connectivity index (χ3n) is 6.72. The summed E-state index contributed by atoms with van der Waals surface area (Å²) in [5.74, 6) is 0.182. The first-order chi connectivity index (χ1) is 17.0. The van der Waals surface area contributed by atoms with E-state index in [0.717, 1.165) is 22.5 Å². The maximum Gasteiger partial charge on any atom is 0.290 e. The lowest BCUT2D eigenvalue weighted by Crippen LogP contribution is -2.61. The molecular formula is C28H30ClN5O2. The molecule has 1 amide bonds. The summed E-state index contributed by atoms with van der Waals surface area (Å²) in [5, 5.41) is 8.54. The van der Waals surface area contributed by atoms with E-state index in [2.05, 4.69) is 55.8 Å². The molecule has 0 N–H and O–H groups in total. The van der Waals surface area contributed by atoms with Crippen LogP contribution in [0.15, 0.2) is 59.3 Å². The van der Waals surface area contributed by atoms with Crippen LogP contribution in [-0.4, -0.2) is 51.2 Å². The van der Waals surface area contributed by atoms with Crippen molar-refractivity contribution in [1.29, 1.82) is 0 Å². The van der Waals surface area contributed by atoms with Gasteiger partial charge in [-0.05, 0) is 43.5 Å². The normalized spacial score (nSPS) is 15.9. The lowest BCUT2D eigenvalue weighted by molar-refractivity contribution is 0.0484. The van der Waals surface area contributed by atoms with E-state index < -0.39 is 5.54 Å². The van der Waals surface area contributed by atoms with Gasteiger partial charge in [-0.15, -0.1) is 0 Å². The van der Waals surface area contributed by atoms with E-state index in [1.807, 2.05) is 35.2 Å². The molecule has 4 heterocycles. The molecule has 0 bridgehead atoms. The standard InChI is InChI=1S/C28H30ClN5O2/c1-27(2,3)21-14-22(18-6-8-19(29)9-7-18)32-23-15-24(36-25(21)23)26(35)34-13-12-33(17-28(34,4)5)20-10-11-30-31-16-20/h6-11,14-16H,12-13,17H2,1-5H3. The summed E-state index contributed by atoms with van der Waals surface area (Å²) >= 11 is 6.09. The fourth-order valence-corrected chi connectivity index (χ4v) is 4.93. The van der Waals surface area contributed by atoms with Crippen molar-refractivity contribution < 1.29 is 9.21 Å². The van der Waals surface area contributed by atoms with Crippen LogP contribution >= 0.6 is 11.6 Å². The summed E-state index contributed by atoms with van der Waals surface area (Å²) in [6.07, 6.45) is 3.44. The van der Waals surface area contributed by atoms with E-state index in [-0.39, 0.29) is 11.3 Å². The number of benzene rings is 1. The largest absolute Gasteiger partial charge is 0.449 e. The van der Waals surface area contributed by atoms with E-state index in [9.17, 15) is 4.79 Å². The second-order valence-corrected chi connectivity index (χ2v) is 11.4. The van der Waals surface area contributed by atoms with E-state index in [1.165, 1.54) is 0 Å². The molecule has 1 aromatic carbocycles. The fourth-order valence-electron chi connectivity index (χ4n) is 4.81. The van der Waals surface area contributed by atoms with Gasteiger partial charge in [-0.2, -0.15) is 10.2 Å². The number of amides is 1. The van der Waals surface area contributed by atoms with Crippen LogP contribution in [0.1, 0.15) is 50.7 Å². The van der Waals surface area contributed by atoms with Crippen LogP contribution in [0.5, 0.6) is 0 Å². The molecule has 3 aromatic heterocycles. The second kappa shape index (κ2) is 8.89. The Bertz CT molecular complexity index is 1410. The van der Waals surface area contributed by atoms with Crippen LogP contribution in [0, 0.1) is 0 Å². The summed E-state index contributed by atoms with van der Waals surface area (Å²) in [7, 11) is 0. The van der Waals surface area contributed by atoms with Crippen LogP contribution in [0.25, 0.3) is 22.4 Å². The van der Waals surface area contributed by atoms with Crippen molar-refractivity contribution in [3.8, 4) is 11.3 Å². The van der Waals surface area contributed by atoms with Crippen molar-refractivity contribution in [2.24, 2.45) is 0 Å². The van der Waals surface area contributed by atoms with E-state index in [0.29, 0.717) is 41.5 Å². The molecule has 5 rings (SSSR count). The first kappa shape index (κ1) is 24.3. The van der Waals surface area contributed by atoms with Gasteiger partial charge in [0.1, 0.15) is 5.52 Å². The maximum atomic E-state index is 13.7. The zero-order valence-corrected chi connectivity index (χ0v) is 22.0. The summed E-state index contributed by atoms with van der Waals surface area (Å²) < 4.78 is 6.25. The van der Waals surface area contributed by atoms with Crippen molar-refractivity contribution in [1.82, 2.24) is 20.1 Å². The van der Waals surface area contributed by atoms with Gasteiger partial charge in [0, 0.05) is 41.9 Å². The minimum atomic E-state index is -0.410. The Labute approximate surface area is 216 Å². The van der Waals surface area contributed by atoms with Gasteiger partial charge in [-0.3, -0.25) is 4.79 Å². The number of hydrogen-bond acceptors (Lipinski definition) is 6. The van der Waals surface area contributed by atoms with Crippen molar-refractivity contribution in [2.75, 3.05) is 24.5 Å². The number of nitrogens with zero attached hydrogens (tertiary/aromatic N) is 5. The molecule has 186 valence electrons. The van der Waals surface area contributed by atoms with E-state index in [1.54, 1.807) is 18.5 Å². The molecule has 0 aliphatic carbocycles. The first-order valence-corrected chi connectivity index (χ1v) is 12.5. The predicted octanol–water partition coefficient (Wildman–Crippen LogP) is 5.98. The number of piperazine rings is 1. The number of carbonyl (C=O) groups excluding carboxylic acids is 1. The van der Waals surface area contributed by atoms with E-state index >= 15 is 0 Å². The topological polar surface area (TPSA) is 75.4 Å². The quantitative estimate of drug-likeness (QED) is 0.342. The van der Waals surface area contributed by atoms with Crippen molar-refractivity contribution >= 4 is 34.3 Å². The minimum absolute atomic E-state index is 0.126. The molecule has 0 unspecified atom stereocenters. The maximum absolute atomic E-state index is 13.7. The number of hydrogen-bond donors (Lipinski definition) is 0. The molecule has 7 nitrogen and oxygen atoms in total. The Morgan fingerprint density at radius 3 is 2.44 bits per heavy atom. The number of carbonyl (C=O) groups is 1. The smallest absolute Gasteiger partial charge is 0.290 e. The fraction of sp³-hybridized carbons (Fsp3) is 0.357. The van der Waals surface area contributed by atoms with Crippen LogP contribution in [0.3, 0.4) is 0 Å². The van der Waals surface area contributed by atoms with Gasteiger partial charge in [0.15, 0.2) is 11.3 Å². The molecule has 0 spiro atoms. The summed E-state index contributed by atoms with van der Waals surface area (Å²) in [6, 6.07) is 13.4. The molecule has 1 aliphatic heterocycles. The van der Waals surface area contributed by atoms with Crippen LogP contribution < -0.4 is 4.90 Å². The highest BCUT2D eigenvalue weighted by Gasteiger charge is 2.39. The molecule has 0 atom stereocenters. The average Bonchev–Trinajstić information content (AvgIpc) is 3.27. The Morgan fingerprint density at radius 1 is 1.06 bits per heavy atom. The summed E-state index contributed by atoms with van der Waals surface area (Å²) in [4.78, 5) is 22.7. The van der Waals surface area contributed by atoms with Gasteiger partial charge in [0.05, 0.1) is 29.3 Å². The number of anilines is 1. The summed E-state index contributed by atoms with van der Waals surface area (Å²) in [6.45, 7) is 12.5. The Morgan fingerprint density at radius 2 is 1.81 bits per heavy atom. The van der Waals surface area contributed by atoms with Gasteiger partial charge >= 0.3 is 0 Å². The van der Waals surface area contributed by atoms with Crippen molar-refractivity contribution in [2.45, 2.75) is 45.6 Å². The second-order valence-electron chi connectivity index (χ2n) is 10.9. The van der Waals surface area contributed by atoms with Crippen LogP contribution in [0.4, 0.5) is 5.69 Å². The molecule has 1 aliphatic rings. The van der Waals surface area contributed by atoms with Crippen molar-refractivity contribution in [3.63, 3.8) is 0 Å². The average molecular weight is 504 g/mol. The number of fused-ring (bicyclic) bond motifs is 1. The number of pyridine rings is 1. The van der Waals surface area contributed by atoms with Gasteiger partial charge < -0.3 is 14.2 Å². The molecule has 36 heavy (non-hydrogen) atoms. The molecule has 4 aromatic rings. The van der Waals surface area contributed by atoms with Crippen LogP contribution in [0.2, 0.25) is 5.02 Å². The molecule has 0 saturated carbocycles. The molecule has 0 radical (unpaired) electrons. The minimum Gasteiger partial charge on any atom is -0.449 e. The van der Waals surface area contributed by atoms with Gasteiger partial charge in [0.25, 0.3) is 5.91 Å². The Kier molecular flexibility index (Phi) is 5.99. The third-order valence-corrected chi connectivity index (χ3v) is 6.97. The molecule has 8 heteroatoms. The number of aromatic nitrogens is 3. The third kappa shape index (κ3) is 4.55. The SMILES string of the molecule is CC(C)(C)c1cc(-c2ccc(Cl)cc2)nc2cc(C(=O)N3CCN(c4ccnnc4)CC3(C)C)oc12. The molecular weight excluding hydrogens is 474 g/mol. The lowest BCUT2D eigenvalue weighted by atomic mass is 9.86. The predicted molar refractivity (Wildman–Crippen MR) is 143 cm³/mol.